The van der Waals surface area contributed by atoms with Gasteiger partial charge >= 0.3 is 0 Å². The van der Waals surface area contributed by atoms with Crippen molar-refractivity contribution in [2.24, 2.45) is 0 Å². The summed E-state index contributed by atoms with van der Waals surface area (Å²) in [6.07, 6.45) is 5.08. The van der Waals surface area contributed by atoms with E-state index in [0.717, 1.165) is 25.1 Å². The molecule has 3 nitrogen and oxygen atoms in total. The molecule has 0 atom stereocenters. The zero-order valence-electron chi connectivity index (χ0n) is 13.2. The highest BCUT2D eigenvalue weighted by Crippen LogP contribution is 2.06. The fourth-order valence-corrected chi connectivity index (χ4v) is 2.03. The summed E-state index contributed by atoms with van der Waals surface area (Å²) >= 11 is 0. The third-order valence-corrected chi connectivity index (χ3v) is 3.10. The monoisotopic (exact) mass is 292 g/mol. The minimum Gasteiger partial charge on any atom is -0.339 e. The van der Waals surface area contributed by atoms with Crippen LogP contribution in [0.5, 0.6) is 0 Å². The number of rotatable bonds is 8. The highest BCUT2D eigenvalue weighted by atomic mass is 19.1. The zero-order valence-corrected chi connectivity index (χ0v) is 13.2. The predicted molar refractivity (Wildman–Crippen MR) is 84.7 cm³/mol. The van der Waals surface area contributed by atoms with Crippen LogP contribution in [0.3, 0.4) is 0 Å². The molecule has 1 aromatic carbocycles. The summed E-state index contributed by atoms with van der Waals surface area (Å²) < 4.78 is 13.1. The van der Waals surface area contributed by atoms with Crippen molar-refractivity contribution >= 4 is 5.91 Å². The molecule has 0 unspecified atom stereocenters. The SMILES string of the molecule is CCCN(CCc1cccc(F)c1)C(=O)/C=C/CN(C)C. The summed E-state index contributed by atoms with van der Waals surface area (Å²) in [7, 11) is 3.92. The van der Waals surface area contributed by atoms with Crippen LogP contribution in [0, 0.1) is 5.82 Å². The van der Waals surface area contributed by atoms with Crippen molar-refractivity contribution in [1.82, 2.24) is 9.80 Å². The third-order valence-electron chi connectivity index (χ3n) is 3.10. The van der Waals surface area contributed by atoms with Crippen molar-refractivity contribution < 1.29 is 9.18 Å². The molecule has 0 aliphatic carbocycles. The average molecular weight is 292 g/mol. The van der Waals surface area contributed by atoms with E-state index in [9.17, 15) is 9.18 Å². The fraction of sp³-hybridized carbons (Fsp3) is 0.471. The van der Waals surface area contributed by atoms with Gasteiger partial charge in [0.15, 0.2) is 0 Å². The van der Waals surface area contributed by atoms with Crippen molar-refractivity contribution in [1.29, 1.82) is 0 Å². The van der Waals surface area contributed by atoms with Crippen molar-refractivity contribution in [3.63, 3.8) is 0 Å². The Bertz CT molecular complexity index is 472. The Labute approximate surface area is 127 Å². The third kappa shape index (κ3) is 7.04. The Morgan fingerprint density at radius 3 is 2.67 bits per heavy atom. The summed E-state index contributed by atoms with van der Waals surface area (Å²) in [6, 6.07) is 6.55. The number of hydrogen-bond donors (Lipinski definition) is 0. The second-order valence-corrected chi connectivity index (χ2v) is 5.37. The maximum absolute atomic E-state index is 13.1. The molecule has 0 aliphatic heterocycles. The standard InChI is InChI=1S/C17H25FN2O/c1-4-11-20(17(21)9-6-12-19(2)3)13-10-15-7-5-8-16(18)14-15/h5-9,14H,4,10-13H2,1-3H3/b9-6+. The van der Waals surface area contributed by atoms with Crippen molar-refractivity contribution in [2.75, 3.05) is 33.7 Å². The van der Waals surface area contributed by atoms with E-state index < -0.39 is 0 Å². The second-order valence-electron chi connectivity index (χ2n) is 5.37. The zero-order chi connectivity index (χ0) is 15.7. The van der Waals surface area contributed by atoms with Gasteiger partial charge in [-0.05, 0) is 44.6 Å². The minimum atomic E-state index is -0.230. The molecule has 4 heteroatoms. The Balaban J connectivity index is 2.56. The highest BCUT2D eigenvalue weighted by molar-refractivity contribution is 5.87. The molecule has 0 aliphatic rings. The normalized spacial score (nSPS) is 11.3. The van der Waals surface area contributed by atoms with E-state index in [1.807, 2.05) is 43.0 Å². The molecule has 116 valence electrons. The number of likely N-dealkylation sites (N-methyl/N-ethyl adjacent to an activating group) is 1. The Morgan fingerprint density at radius 2 is 2.05 bits per heavy atom. The maximum atomic E-state index is 13.1. The molecule has 1 amide bonds. The number of carbonyl (C=O) groups excluding carboxylic acids is 1. The first-order valence-electron chi connectivity index (χ1n) is 7.37. The van der Waals surface area contributed by atoms with Gasteiger partial charge in [-0.15, -0.1) is 0 Å². The van der Waals surface area contributed by atoms with Gasteiger partial charge in [0.25, 0.3) is 0 Å². The van der Waals surface area contributed by atoms with E-state index in [-0.39, 0.29) is 11.7 Å². The lowest BCUT2D eigenvalue weighted by atomic mass is 10.1. The molecular weight excluding hydrogens is 267 g/mol. The summed E-state index contributed by atoms with van der Waals surface area (Å²) in [4.78, 5) is 16.0. The Kier molecular flexibility index (Phi) is 7.69. The van der Waals surface area contributed by atoms with Gasteiger partial charge in [-0.25, -0.2) is 4.39 Å². The topological polar surface area (TPSA) is 23.6 Å². The van der Waals surface area contributed by atoms with Crippen molar-refractivity contribution in [3.05, 3.63) is 47.8 Å². The molecule has 0 heterocycles. The Morgan fingerprint density at radius 1 is 1.29 bits per heavy atom. The lowest BCUT2D eigenvalue weighted by Gasteiger charge is -2.20. The molecule has 0 spiro atoms. The molecule has 0 fully saturated rings. The smallest absolute Gasteiger partial charge is 0.246 e. The number of nitrogens with zero attached hydrogens (tertiary/aromatic N) is 2. The van der Waals surface area contributed by atoms with Crippen LogP contribution in [-0.4, -0.2) is 49.4 Å². The molecule has 21 heavy (non-hydrogen) atoms. The van der Waals surface area contributed by atoms with Crippen LogP contribution in [0.2, 0.25) is 0 Å². The molecule has 0 N–H and O–H groups in total. The number of amides is 1. The minimum absolute atomic E-state index is 0.0232. The first kappa shape index (κ1) is 17.4. The summed E-state index contributed by atoms with van der Waals surface area (Å²) in [5.41, 5.74) is 0.918. The summed E-state index contributed by atoms with van der Waals surface area (Å²) in [5, 5.41) is 0. The number of hydrogen-bond acceptors (Lipinski definition) is 2. The quantitative estimate of drug-likeness (QED) is 0.688. The van der Waals surface area contributed by atoms with Gasteiger partial charge in [0.1, 0.15) is 5.82 Å². The molecule has 0 saturated heterocycles. The van der Waals surface area contributed by atoms with E-state index in [1.165, 1.54) is 12.1 Å². The van der Waals surface area contributed by atoms with Crippen molar-refractivity contribution in [2.45, 2.75) is 19.8 Å². The maximum Gasteiger partial charge on any atom is 0.246 e. The second kappa shape index (κ2) is 9.29. The van der Waals surface area contributed by atoms with Gasteiger partial charge in [0, 0.05) is 25.7 Å². The first-order chi connectivity index (χ1) is 10.0. The molecule has 1 aromatic rings. The van der Waals surface area contributed by atoms with Crippen molar-refractivity contribution in [3.8, 4) is 0 Å². The van der Waals surface area contributed by atoms with Crippen LogP contribution in [-0.2, 0) is 11.2 Å². The van der Waals surface area contributed by atoms with E-state index in [1.54, 1.807) is 12.1 Å². The van der Waals surface area contributed by atoms with Crippen LogP contribution in [0.25, 0.3) is 0 Å². The van der Waals surface area contributed by atoms with Gasteiger partial charge in [0.05, 0.1) is 0 Å². The summed E-state index contributed by atoms with van der Waals surface area (Å²) in [6.45, 7) is 4.13. The van der Waals surface area contributed by atoms with Gasteiger partial charge in [0.2, 0.25) is 5.91 Å². The van der Waals surface area contributed by atoms with E-state index in [2.05, 4.69) is 0 Å². The molecule has 1 rings (SSSR count). The number of benzene rings is 1. The average Bonchev–Trinajstić information content (AvgIpc) is 2.43. The van der Waals surface area contributed by atoms with E-state index >= 15 is 0 Å². The summed E-state index contributed by atoms with van der Waals surface area (Å²) in [5.74, 6) is -0.207. The highest BCUT2D eigenvalue weighted by Gasteiger charge is 2.09. The lowest BCUT2D eigenvalue weighted by Crippen LogP contribution is -2.32. The van der Waals surface area contributed by atoms with E-state index in [0.29, 0.717) is 13.0 Å². The first-order valence-corrected chi connectivity index (χ1v) is 7.37. The molecular formula is C17H25FN2O. The van der Waals surface area contributed by atoms with Crippen LogP contribution >= 0.6 is 0 Å². The Hall–Kier alpha value is -1.68. The van der Waals surface area contributed by atoms with Gasteiger partial charge < -0.3 is 9.80 Å². The van der Waals surface area contributed by atoms with Crippen LogP contribution in [0.4, 0.5) is 4.39 Å². The predicted octanol–water partition coefficient (Wildman–Crippen LogP) is 2.72. The van der Waals surface area contributed by atoms with Crippen LogP contribution < -0.4 is 0 Å². The van der Waals surface area contributed by atoms with Gasteiger partial charge in [-0.1, -0.05) is 25.1 Å². The van der Waals surface area contributed by atoms with Crippen LogP contribution in [0.15, 0.2) is 36.4 Å². The molecule has 0 saturated carbocycles. The lowest BCUT2D eigenvalue weighted by molar-refractivity contribution is -0.126. The fourth-order valence-electron chi connectivity index (χ4n) is 2.03. The number of carbonyl (C=O) groups is 1. The number of halogens is 1. The molecule has 0 radical (unpaired) electrons. The molecule has 0 bridgehead atoms. The van der Waals surface area contributed by atoms with E-state index in [4.69, 9.17) is 0 Å². The molecule has 0 aromatic heterocycles. The van der Waals surface area contributed by atoms with Gasteiger partial charge in [-0.3, -0.25) is 4.79 Å². The largest absolute Gasteiger partial charge is 0.339 e. The van der Waals surface area contributed by atoms with Gasteiger partial charge in [-0.2, -0.15) is 0 Å². The van der Waals surface area contributed by atoms with Crippen LogP contribution in [0.1, 0.15) is 18.9 Å².